The molecule has 6 nitrogen and oxygen atoms in total. The van der Waals surface area contributed by atoms with Crippen molar-refractivity contribution >= 4 is 34.2 Å². The SMILES string of the molecule is COC(=O)[C@H]1[C@@H](c2ccc(I)c([N+](=O)[O-])c2)C[C@@H]2CC[C@H]1N2CCCF. The Labute approximate surface area is 165 Å². The highest BCUT2D eigenvalue weighted by molar-refractivity contribution is 14.1. The molecule has 3 rings (SSSR count). The zero-order chi connectivity index (χ0) is 18.8. The van der Waals surface area contributed by atoms with Crippen LogP contribution in [-0.4, -0.2) is 48.2 Å². The highest BCUT2D eigenvalue weighted by atomic mass is 127. The molecule has 2 aliphatic heterocycles. The molecule has 0 saturated carbocycles. The second kappa shape index (κ2) is 8.16. The van der Waals surface area contributed by atoms with E-state index in [0.29, 0.717) is 16.5 Å². The number of methoxy groups -OCH3 is 1. The molecule has 0 aliphatic carbocycles. The van der Waals surface area contributed by atoms with E-state index >= 15 is 0 Å². The predicted octanol–water partition coefficient (Wildman–Crippen LogP) is 3.67. The van der Waals surface area contributed by atoms with Crippen LogP contribution in [0, 0.1) is 19.6 Å². The first-order chi connectivity index (χ1) is 12.5. The van der Waals surface area contributed by atoms with Gasteiger partial charge in [-0.15, -0.1) is 0 Å². The molecular weight excluding hydrogens is 454 g/mol. The fourth-order valence-corrected chi connectivity index (χ4v) is 5.14. The number of esters is 1. The van der Waals surface area contributed by atoms with Crippen molar-refractivity contribution in [1.29, 1.82) is 0 Å². The summed E-state index contributed by atoms with van der Waals surface area (Å²) in [5, 5.41) is 11.3. The van der Waals surface area contributed by atoms with Crippen LogP contribution in [-0.2, 0) is 9.53 Å². The van der Waals surface area contributed by atoms with Gasteiger partial charge in [-0.05, 0) is 59.9 Å². The molecule has 2 heterocycles. The van der Waals surface area contributed by atoms with E-state index < -0.39 is 0 Å². The third kappa shape index (κ3) is 3.58. The van der Waals surface area contributed by atoms with Crippen LogP contribution in [0.1, 0.15) is 37.2 Å². The number of fused-ring (bicyclic) bond motifs is 2. The van der Waals surface area contributed by atoms with Crippen LogP contribution < -0.4 is 0 Å². The normalized spacial score (nSPS) is 28.1. The van der Waals surface area contributed by atoms with Gasteiger partial charge < -0.3 is 4.74 Å². The van der Waals surface area contributed by atoms with Crippen molar-refractivity contribution in [2.45, 2.75) is 43.7 Å². The quantitative estimate of drug-likeness (QED) is 0.271. The predicted molar refractivity (Wildman–Crippen MR) is 103 cm³/mol. The summed E-state index contributed by atoms with van der Waals surface area (Å²) in [4.78, 5) is 25.8. The Balaban J connectivity index is 1.95. The topological polar surface area (TPSA) is 72.7 Å². The summed E-state index contributed by atoms with van der Waals surface area (Å²) in [6, 6.07) is 5.51. The molecular formula is C18H22FIN2O4. The summed E-state index contributed by atoms with van der Waals surface area (Å²) in [5.74, 6) is -0.776. The number of ether oxygens (including phenoxy) is 1. The minimum Gasteiger partial charge on any atom is -0.469 e. The second-order valence-corrected chi connectivity index (χ2v) is 8.10. The monoisotopic (exact) mass is 476 g/mol. The molecule has 2 fully saturated rings. The Morgan fingerprint density at radius 2 is 2.23 bits per heavy atom. The Kier molecular flexibility index (Phi) is 6.11. The molecule has 142 valence electrons. The lowest BCUT2D eigenvalue weighted by Gasteiger charge is -2.43. The average Bonchev–Trinajstić information content (AvgIpc) is 2.90. The molecule has 0 spiro atoms. The number of hydrogen-bond donors (Lipinski definition) is 0. The number of alkyl halides is 1. The van der Waals surface area contributed by atoms with Crippen LogP contribution >= 0.6 is 22.6 Å². The number of hydrogen-bond acceptors (Lipinski definition) is 5. The second-order valence-electron chi connectivity index (χ2n) is 6.94. The zero-order valence-electron chi connectivity index (χ0n) is 14.6. The molecule has 1 aromatic rings. The van der Waals surface area contributed by atoms with Crippen molar-refractivity contribution in [3.63, 3.8) is 0 Å². The van der Waals surface area contributed by atoms with Crippen LogP contribution in [0.5, 0.6) is 0 Å². The fraction of sp³-hybridized carbons (Fsp3) is 0.611. The lowest BCUT2D eigenvalue weighted by atomic mass is 9.76. The van der Waals surface area contributed by atoms with Crippen molar-refractivity contribution in [2.75, 3.05) is 20.3 Å². The van der Waals surface area contributed by atoms with Crippen molar-refractivity contribution in [2.24, 2.45) is 5.92 Å². The third-order valence-corrected chi connectivity index (χ3v) is 6.60. The van der Waals surface area contributed by atoms with Crippen LogP contribution in [0.2, 0.25) is 0 Å². The molecule has 0 N–H and O–H groups in total. The van der Waals surface area contributed by atoms with Crippen LogP contribution in [0.3, 0.4) is 0 Å². The Morgan fingerprint density at radius 3 is 2.88 bits per heavy atom. The van der Waals surface area contributed by atoms with Crippen molar-refractivity contribution in [3.05, 3.63) is 37.4 Å². The first kappa shape index (κ1) is 19.5. The molecule has 4 atom stereocenters. The summed E-state index contributed by atoms with van der Waals surface area (Å²) in [6.45, 7) is 0.268. The van der Waals surface area contributed by atoms with Crippen molar-refractivity contribution in [3.8, 4) is 0 Å². The van der Waals surface area contributed by atoms with E-state index in [2.05, 4.69) is 4.90 Å². The maximum Gasteiger partial charge on any atom is 0.310 e. The molecule has 2 bridgehead atoms. The highest BCUT2D eigenvalue weighted by Crippen LogP contribution is 2.48. The van der Waals surface area contributed by atoms with E-state index in [4.69, 9.17) is 4.74 Å². The van der Waals surface area contributed by atoms with E-state index in [9.17, 15) is 19.3 Å². The van der Waals surface area contributed by atoms with Gasteiger partial charge in [0.25, 0.3) is 5.69 Å². The Bertz CT molecular complexity index is 702. The van der Waals surface area contributed by atoms with Crippen LogP contribution in [0.15, 0.2) is 18.2 Å². The summed E-state index contributed by atoms with van der Waals surface area (Å²) < 4.78 is 18.3. The van der Waals surface area contributed by atoms with E-state index in [0.717, 1.165) is 24.8 Å². The number of nitro groups is 1. The molecule has 0 radical (unpaired) electrons. The van der Waals surface area contributed by atoms with Gasteiger partial charge in [0.05, 0.1) is 28.2 Å². The smallest absolute Gasteiger partial charge is 0.310 e. The summed E-state index contributed by atoms with van der Waals surface area (Å²) in [6.07, 6.45) is 3.04. The third-order valence-electron chi connectivity index (χ3n) is 5.68. The van der Waals surface area contributed by atoms with Gasteiger partial charge in [0, 0.05) is 30.6 Å². The van der Waals surface area contributed by atoms with Gasteiger partial charge >= 0.3 is 5.97 Å². The van der Waals surface area contributed by atoms with Crippen LogP contribution in [0.4, 0.5) is 10.1 Å². The standard InChI is InChI=1S/C18H22FIN2O4/c1-26-18(23)17-13(11-3-5-14(20)16(9-11)22(24)25)10-12-4-6-15(17)21(12)8-2-7-19/h3,5,9,12-13,15,17H,2,4,6-8,10H2,1H3/t12-,13+,15+,17-/m0/s1. The zero-order valence-corrected chi connectivity index (χ0v) is 16.7. The van der Waals surface area contributed by atoms with Crippen molar-refractivity contribution in [1.82, 2.24) is 4.90 Å². The minimum absolute atomic E-state index is 0.0103. The fourth-order valence-electron chi connectivity index (χ4n) is 4.60. The molecule has 0 amide bonds. The number of nitrogens with zero attached hydrogens (tertiary/aromatic N) is 2. The van der Waals surface area contributed by atoms with E-state index in [1.165, 1.54) is 7.11 Å². The lowest BCUT2D eigenvalue weighted by Crippen LogP contribution is -2.51. The molecule has 26 heavy (non-hydrogen) atoms. The Hall–Kier alpha value is -1.29. The number of carbonyl (C=O) groups is 1. The number of nitro benzene ring substituents is 1. The number of rotatable bonds is 6. The number of piperidine rings is 1. The molecule has 1 aromatic carbocycles. The van der Waals surface area contributed by atoms with E-state index in [1.54, 1.807) is 12.1 Å². The van der Waals surface area contributed by atoms with Crippen molar-refractivity contribution < 1.29 is 18.8 Å². The van der Waals surface area contributed by atoms with Gasteiger partial charge in [-0.25, -0.2) is 0 Å². The van der Waals surface area contributed by atoms with Gasteiger partial charge in [-0.1, -0.05) is 6.07 Å². The van der Waals surface area contributed by atoms with Crippen LogP contribution in [0.25, 0.3) is 0 Å². The first-order valence-electron chi connectivity index (χ1n) is 8.81. The van der Waals surface area contributed by atoms with Gasteiger partial charge in [0.15, 0.2) is 0 Å². The molecule has 0 aromatic heterocycles. The maximum atomic E-state index is 12.7. The van der Waals surface area contributed by atoms with E-state index in [1.807, 2.05) is 28.7 Å². The van der Waals surface area contributed by atoms with Gasteiger partial charge in [-0.2, -0.15) is 0 Å². The largest absolute Gasteiger partial charge is 0.469 e. The average molecular weight is 476 g/mol. The summed E-state index contributed by atoms with van der Waals surface area (Å²) in [5.41, 5.74) is 0.883. The van der Waals surface area contributed by atoms with Gasteiger partial charge in [0.2, 0.25) is 0 Å². The van der Waals surface area contributed by atoms with Gasteiger partial charge in [0.1, 0.15) is 0 Å². The molecule has 0 unspecified atom stereocenters. The molecule has 2 saturated heterocycles. The highest BCUT2D eigenvalue weighted by Gasteiger charge is 2.50. The van der Waals surface area contributed by atoms with Gasteiger partial charge in [-0.3, -0.25) is 24.2 Å². The summed E-state index contributed by atoms with van der Waals surface area (Å²) >= 11 is 1.95. The molecule has 2 aliphatic rings. The number of carbonyl (C=O) groups excluding carboxylic acids is 1. The lowest BCUT2D eigenvalue weighted by molar-refractivity contribution is -0.385. The number of benzene rings is 1. The summed E-state index contributed by atoms with van der Waals surface area (Å²) in [7, 11) is 1.38. The van der Waals surface area contributed by atoms with E-state index in [-0.39, 0.29) is 47.2 Å². The molecule has 8 heteroatoms. The maximum absolute atomic E-state index is 12.7. The first-order valence-corrected chi connectivity index (χ1v) is 9.89. The Morgan fingerprint density at radius 1 is 1.46 bits per heavy atom. The number of halogens is 2. The minimum atomic E-state index is -0.386.